The number of methoxy groups -OCH3 is 2. The van der Waals surface area contributed by atoms with Gasteiger partial charge in [0.2, 0.25) is 5.82 Å². The lowest BCUT2D eigenvalue weighted by Crippen LogP contribution is -2.19. The minimum Gasteiger partial charge on any atom is -0.494 e. The number of hydrogen-bond donors (Lipinski definition) is 0. The van der Waals surface area contributed by atoms with Gasteiger partial charge in [-0.15, -0.1) is 10.2 Å². The van der Waals surface area contributed by atoms with E-state index in [1.807, 2.05) is 6.92 Å². The number of furan rings is 1. The summed E-state index contributed by atoms with van der Waals surface area (Å²) < 4.78 is 44.7. The van der Waals surface area contributed by atoms with Gasteiger partial charge in [-0.2, -0.15) is 0 Å². The minimum absolute atomic E-state index is 0.151. The van der Waals surface area contributed by atoms with Crippen LogP contribution in [0.2, 0.25) is 0 Å². The lowest BCUT2D eigenvalue weighted by Gasteiger charge is -2.17. The third-order valence-corrected chi connectivity index (χ3v) is 6.90. The molecule has 34 heavy (non-hydrogen) atoms. The van der Waals surface area contributed by atoms with Gasteiger partial charge in [-0.05, 0) is 36.8 Å². The molecule has 0 bridgehead atoms. The Bertz CT molecular complexity index is 1340. The van der Waals surface area contributed by atoms with Gasteiger partial charge in [0.25, 0.3) is 0 Å². The van der Waals surface area contributed by atoms with Gasteiger partial charge < -0.3 is 13.9 Å². The van der Waals surface area contributed by atoms with E-state index in [4.69, 9.17) is 13.9 Å². The van der Waals surface area contributed by atoms with E-state index in [-0.39, 0.29) is 17.3 Å². The standard InChI is InChI=1S/C23H25N5O5S/c1-15-11-24-22(25-12-15)16(2)13-34(29,30)14-20-26-27-23(19-9-6-10-33-19)28(20)21-17(31-3)7-5-8-18(21)32-4/h5-12,16H,13-14H2,1-4H3/t16-/m0/s1. The number of benzene rings is 1. The van der Waals surface area contributed by atoms with E-state index >= 15 is 0 Å². The fourth-order valence-electron chi connectivity index (χ4n) is 3.63. The highest BCUT2D eigenvalue weighted by Crippen LogP contribution is 2.36. The smallest absolute Gasteiger partial charge is 0.204 e. The van der Waals surface area contributed by atoms with Crippen LogP contribution >= 0.6 is 0 Å². The third-order valence-electron chi connectivity index (χ3n) is 5.19. The summed E-state index contributed by atoms with van der Waals surface area (Å²) in [7, 11) is -0.587. The summed E-state index contributed by atoms with van der Waals surface area (Å²) in [6, 6.07) is 8.71. The largest absolute Gasteiger partial charge is 0.494 e. The lowest BCUT2D eigenvalue weighted by atomic mass is 10.2. The molecule has 1 atom stereocenters. The fourth-order valence-corrected chi connectivity index (χ4v) is 5.24. The number of ether oxygens (including phenoxy) is 2. The van der Waals surface area contributed by atoms with Crippen molar-refractivity contribution in [3.8, 4) is 28.8 Å². The molecule has 0 radical (unpaired) electrons. The van der Waals surface area contributed by atoms with Crippen molar-refractivity contribution in [3.05, 3.63) is 66.2 Å². The second-order valence-corrected chi connectivity index (χ2v) is 9.95. The van der Waals surface area contributed by atoms with Crippen LogP contribution in [-0.4, -0.2) is 53.1 Å². The summed E-state index contributed by atoms with van der Waals surface area (Å²) in [4.78, 5) is 8.53. The Morgan fingerprint density at radius 3 is 2.29 bits per heavy atom. The van der Waals surface area contributed by atoms with E-state index < -0.39 is 15.8 Å². The highest BCUT2D eigenvalue weighted by atomic mass is 32.2. The first kappa shape index (κ1) is 23.4. The van der Waals surface area contributed by atoms with Crippen LogP contribution in [0.3, 0.4) is 0 Å². The quantitative estimate of drug-likeness (QED) is 0.352. The van der Waals surface area contributed by atoms with Gasteiger partial charge in [0.1, 0.15) is 28.8 Å². The van der Waals surface area contributed by atoms with Crippen molar-refractivity contribution in [2.24, 2.45) is 0 Å². The van der Waals surface area contributed by atoms with E-state index in [0.717, 1.165) is 5.56 Å². The molecule has 0 saturated heterocycles. The van der Waals surface area contributed by atoms with Crippen molar-refractivity contribution in [1.82, 2.24) is 24.7 Å². The van der Waals surface area contributed by atoms with Crippen LogP contribution in [0.5, 0.6) is 11.5 Å². The number of hydrogen-bond acceptors (Lipinski definition) is 9. The summed E-state index contributed by atoms with van der Waals surface area (Å²) in [5.74, 6) is 1.44. The molecule has 0 aliphatic rings. The van der Waals surface area contributed by atoms with E-state index in [2.05, 4.69) is 20.2 Å². The number of aromatic nitrogens is 5. The van der Waals surface area contributed by atoms with Crippen molar-refractivity contribution in [3.63, 3.8) is 0 Å². The van der Waals surface area contributed by atoms with Crippen molar-refractivity contribution in [1.29, 1.82) is 0 Å². The Labute approximate surface area is 197 Å². The summed E-state index contributed by atoms with van der Waals surface area (Å²) in [5, 5.41) is 8.44. The second-order valence-electron chi connectivity index (χ2n) is 7.84. The highest BCUT2D eigenvalue weighted by Gasteiger charge is 2.28. The number of para-hydroxylation sites is 1. The van der Waals surface area contributed by atoms with E-state index in [9.17, 15) is 8.42 Å². The molecule has 1 aromatic carbocycles. The minimum atomic E-state index is -3.63. The molecule has 0 saturated carbocycles. The predicted molar refractivity (Wildman–Crippen MR) is 125 cm³/mol. The van der Waals surface area contributed by atoms with Crippen LogP contribution in [-0.2, 0) is 15.6 Å². The number of sulfone groups is 1. The highest BCUT2D eigenvalue weighted by molar-refractivity contribution is 7.90. The molecule has 11 heteroatoms. The van der Waals surface area contributed by atoms with Crippen molar-refractivity contribution in [2.45, 2.75) is 25.5 Å². The van der Waals surface area contributed by atoms with Crippen molar-refractivity contribution in [2.75, 3.05) is 20.0 Å². The molecule has 3 heterocycles. The predicted octanol–water partition coefficient (Wildman–Crippen LogP) is 3.36. The molecule has 0 amide bonds. The van der Waals surface area contributed by atoms with Crippen LogP contribution in [0.4, 0.5) is 0 Å². The first-order chi connectivity index (χ1) is 16.3. The summed E-state index contributed by atoms with van der Waals surface area (Å²) in [6.45, 7) is 3.66. The average Bonchev–Trinajstić information content (AvgIpc) is 3.48. The molecular formula is C23H25N5O5S. The lowest BCUT2D eigenvalue weighted by molar-refractivity contribution is 0.390. The first-order valence-electron chi connectivity index (χ1n) is 10.5. The Balaban J connectivity index is 1.76. The molecule has 0 fully saturated rings. The molecule has 3 aromatic heterocycles. The van der Waals surface area contributed by atoms with Crippen LogP contribution < -0.4 is 9.47 Å². The molecule has 0 N–H and O–H groups in total. The van der Waals surface area contributed by atoms with Crippen LogP contribution in [0.15, 0.2) is 53.4 Å². The molecule has 0 unspecified atom stereocenters. The Morgan fingerprint density at radius 1 is 1.03 bits per heavy atom. The summed E-state index contributed by atoms with van der Waals surface area (Å²) >= 11 is 0. The van der Waals surface area contributed by atoms with Crippen molar-refractivity contribution < 1.29 is 22.3 Å². The van der Waals surface area contributed by atoms with E-state index in [1.165, 1.54) is 20.5 Å². The molecule has 10 nitrogen and oxygen atoms in total. The van der Waals surface area contributed by atoms with E-state index in [1.54, 1.807) is 54.2 Å². The SMILES string of the molecule is COc1cccc(OC)c1-n1c(CS(=O)(=O)C[C@H](C)c2ncc(C)cn2)nnc1-c1ccco1. The van der Waals surface area contributed by atoms with Gasteiger partial charge in [0, 0.05) is 18.3 Å². The van der Waals surface area contributed by atoms with Crippen LogP contribution in [0.1, 0.15) is 30.1 Å². The van der Waals surface area contributed by atoms with Crippen LogP contribution in [0, 0.1) is 6.92 Å². The maximum atomic E-state index is 13.2. The van der Waals surface area contributed by atoms with E-state index in [0.29, 0.717) is 34.6 Å². The molecule has 0 aliphatic carbocycles. The van der Waals surface area contributed by atoms with Gasteiger partial charge in [-0.1, -0.05) is 13.0 Å². The fraction of sp³-hybridized carbons (Fsp3) is 0.304. The normalized spacial score (nSPS) is 12.5. The first-order valence-corrected chi connectivity index (χ1v) is 12.3. The molecule has 4 rings (SSSR count). The van der Waals surface area contributed by atoms with Crippen molar-refractivity contribution >= 4 is 9.84 Å². The number of rotatable bonds is 9. The van der Waals surface area contributed by atoms with Gasteiger partial charge in [-0.25, -0.2) is 18.4 Å². The summed E-state index contributed by atoms with van der Waals surface area (Å²) in [6.07, 6.45) is 4.85. The zero-order valence-electron chi connectivity index (χ0n) is 19.3. The number of nitrogens with zero attached hydrogens (tertiary/aromatic N) is 5. The zero-order chi connectivity index (χ0) is 24.3. The van der Waals surface area contributed by atoms with Gasteiger partial charge in [0.05, 0.1) is 26.2 Å². The molecule has 4 aromatic rings. The number of aryl methyl sites for hydroxylation is 1. The summed E-state index contributed by atoms with van der Waals surface area (Å²) in [5.41, 5.74) is 1.38. The topological polar surface area (TPSA) is 122 Å². The Hall–Kier alpha value is -3.73. The second kappa shape index (κ2) is 9.64. The Kier molecular flexibility index (Phi) is 6.64. The molecule has 178 valence electrons. The maximum absolute atomic E-state index is 13.2. The zero-order valence-corrected chi connectivity index (χ0v) is 20.1. The van der Waals surface area contributed by atoms with Gasteiger partial charge in [0.15, 0.2) is 21.4 Å². The monoisotopic (exact) mass is 483 g/mol. The van der Waals surface area contributed by atoms with Gasteiger partial charge in [-0.3, -0.25) is 4.57 Å². The maximum Gasteiger partial charge on any atom is 0.204 e. The molecule has 0 aliphatic heterocycles. The average molecular weight is 484 g/mol. The van der Waals surface area contributed by atoms with Gasteiger partial charge >= 0.3 is 0 Å². The molecule has 0 spiro atoms. The third kappa shape index (κ3) is 4.79. The van der Waals surface area contributed by atoms with Crippen LogP contribution in [0.25, 0.3) is 17.3 Å². The molecular weight excluding hydrogens is 458 g/mol. The Morgan fingerprint density at radius 2 is 1.71 bits per heavy atom.